The van der Waals surface area contributed by atoms with Gasteiger partial charge in [0.25, 0.3) is 0 Å². The highest BCUT2D eigenvalue weighted by atomic mass is 16.3. The standard InChI is InChI=1S/C40H31NO/c1-5-41-32-19-16-26(40(2,3)4)22-31(32)37-28-17-18-29-36-25(15-14-24(35(28)36)20-33(37)41)21-34-38(29)30-13-9-12-27(39(30)42-34)23-10-7-6-8-11-23/h6-22H,5H2,1-4H3. The van der Waals surface area contributed by atoms with E-state index in [0.717, 1.165) is 23.3 Å². The van der Waals surface area contributed by atoms with Crippen molar-refractivity contribution in [3.8, 4) is 11.1 Å². The van der Waals surface area contributed by atoms with Crippen molar-refractivity contribution in [1.82, 2.24) is 4.57 Å². The number of rotatable bonds is 2. The summed E-state index contributed by atoms with van der Waals surface area (Å²) in [6, 6.07) is 38.1. The van der Waals surface area contributed by atoms with Gasteiger partial charge in [0, 0.05) is 39.2 Å². The summed E-state index contributed by atoms with van der Waals surface area (Å²) in [4.78, 5) is 0. The molecule has 0 amide bonds. The molecule has 0 fully saturated rings. The van der Waals surface area contributed by atoms with Crippen LogP contribution in [0, 0.1) is 0 Å². The van der Waals surface area contributed by atoms with E-state index in [1.807, 2.05) is 0 Å². The molecule has 202 valence electrons. The molecule has 0 N–H and O–H groups in total. The van der Waals surface area contributed by atoms with E-state index >= 15 is 0 Å². The van der Waals surface area contributed by atoms with Crippen molar-refractivity contribution < 1.29 is 4.42 Å². The number of nitrogens with zero attached hydrogens (tertiary/aromatic N) is 1. The molecule has 0 aliphatic carbocycles. The van der Waals surface area contributed by atoms with E-state index in [1.165, 1.54) is 76.0 Å². The average Bonchev–Trinajstić information content (AvgIpc) is 3.54. The van der Waals surface area contributed by atoms with Gasteiger partial charge in [-0.2, -0.15) is 0 Å². The van der Waals surface area contributed by atoms with E-state index in [-0.39, 0.29) is 5.41 Å². The van der Waals surface area contributed by atoms with Crippen LogP contribution < -0.4 is 0 Å². The summed E-state index contributed by atoms with van der Waals surface area (Å²) in [5.74, 6) is 0. The van der Waals surface area contributed by atoms with Crippen LogP contribution in [0.5, 0.6) is 0 Å². The Morgan fingerprint density at radius 1 is 0.595 bits per heavy atom. The number of fused-ring (bicyclic) bond motifs is 8. The molecule has 2 heteroatoms. The minimum absolute atomic E-state index is 0.0885. The molecule has 2 nitrogen and oxygen atoms in total. The SMILES string of the molecule is CCn1c2ccc(C(C)(C)C)cc2c2c3ccc4c5c(cc6ccc(cc21)c3c64)oc1c(-c2ccccc2)cccc15. The number of hydrogen-bond donors (Lipinski definition) is 0. The molecule has 0 aliphatic rings. The van der Waals surface area contributed by atoms with Gasteiger partial charge in [0.15, 0.2) is 0 Å². The average molecular weight is 542 g/mol. The van der Waals surface area contributed by atoms with Gasteiger partial charge in [-0.1, -0.05) is 99.6 Å². The van der Waals surface area contributed by atoms with Crippen molar-refractivity contribution in [2.75, 3.05) is 0 Å². The predicted molar refractivity (Wildman–Crippen MR) is 180 cm³/mol. The minimum atomic E-state index is 0.0885. The number of hydrogen-bond acceptors (Lipinski definition) is 1. The first kappa shape index (κ1) is 23.8. The fraction of sp³-hybridized carbons (Fsp3) is 0.150. The van der Waals surface area contributed by atoms with E-state index < -0.39 is 0 Å². The molecule has 0 unspecified atom stereocenters. The Kier molecular flexibility index (Phi) is 4.62. The number of benzene rings is 7. The lowest BCUT2D eigenvalue weighted by Gasteiger charge is -2.19. The summed E-state index contributed by atoms with van der Waals surface area (Å²) in [5.41, 5.74) is 8.30. The van der Waals surface area contributed by atoms with Crippen LogP contribution in [-0.4, -0.2) is 4.57 Å². The monoisotopic (exact) mass is 541 g/mol. The summed E-state index contributed by atoms with van der Waals surface area (Å²) >= 11 is 0. The van der Waals surface area contributed by atoms with Gasteiger partial charge in [-0.15, -0.1) is 0 Å². The Labute approximate surface area is 244 Å². The van der Waals surface area contributed by atoms with Crippen LogP contribution in [0.25, 0.3) is 87.2 Å². The summed E-state index contributed by atoms with van der Waals surface area (Å²) < 4.78 is 9.16. The molecule has 2 aromatic heterocycles. The Morgan fingerprint density at radius 2 is 1.33 bits per heavy atom. The zero-order valence-electron chi connectivity index (χ0n) is 24.4. The van der Waals surface area contributed by atoms with Crippen molar-refractivity contribution >= 4 is 76.1 Å². The minimum Gasteiger partial charge on any atom is -0.455 e. The van der Waals surface area contributed by atoms with Crippen molar-refractivity contribution in [2.24, 2.45) is 0 Å². The van der Waals surface area contributed by atoms with Gasteiger partial charge in [-0.05, 0) is 80.0 Å². The molecule has 0 saturated heterocycles. The topological polar surface area (TPSA) is 18.1 Å². The van der Waals surface area contributed by atoms with E-state index in [4.69, 9.17) is 4.42 Å². The second kappa shape index (κ2) is 8.14. The summed E-state index contributed by atoms with van der Waals surface area (Å²) in [6.45, 7) is 10.1. The molecule has 9 aromatic rings. The van der Waals surface area contributed by atoms with Crippen LogP contribution >= 0.6 is 0 Å². The first-order valence-corrected chi connectivity index (χ1v) is 15.0. The zero-order valence-corrected chi connectivity index (χ0v) is 24.4. The first-order chi connectivity index (χ1) is 20.4. The third kappa shape index (κ3) is 3.04. The Hall–Kier alpha value is -4.82. The predicted octanol–water partition coefficient (Wildman–Crippen LogP) is 11.6. The maximum absolute atomic E-state index is 6.67. The van der Waals surface area contributed by atoms with E-state index in [0.29, 0.717) is 0 Å². The second-order valence-electron chi connectivity index (χ2n) is 12.8. The van der Waals surface area contributed by atoms with Gasteiger partial charge >= 0.3 is 0 Å². The fourth-order valence-electron chi connectivity index (χ4n) is 7.47. The Bertz CT molecular complexity index is 2520. The van der Waals surface area contributed by atoms with E-state index in [2.05, 4.69) is 135 Å². The lowest BCUT2D eigenvalue weighted by Crippen LogP contribution is -2.10. The molecule has 0 bridgehead atoms. The fourth-order valence-corrected chi connectivity index (χ4v) is 7.47. The molecule has 2 heterocycles. The molecule has 0 saturated carbocycles. The van der Waals surface area contributed by atoms with Crippen LogP contribution in [0.4, 0.5) is 0 Å². The number of aromatic nitrogens is 1. The van der Waals surface area contributed by atoms with Gasteiger partial charge in [-0.3, -0.25) is 0 Å². The molecular formula is C40H31NO. The molecule has 0 spiro atoms. The summed E-state index contributed by atoms with van der Waals surface area (Å²) in [5, 5.41) is 12.9. The maximum Gasteiger partial charge on any atom is 0.143 e. The lowest BCUT2D eigenvalue weighted by atomic mass is 9.85. The van der Waals surface area contributed by atoms with Crippen molar-refractivity contribution in [3.05, 3.63) is 109 Å². The molecule has 7 aromatic carbocycles. The highest BCUT2D eigenvalue weighted by molar-refractivity contribution is 6.37. The van der Waals surface area contributed by atoms with Crippen LogP contribution in [0.15, 0.2) is 108 Å². The molecule has 0 aliphatic heterocycles. The highest BCUT2D eigenvalue weighted by Gasteiger charge is 2.22. The van der Waals surface area contributed by atoms with Crippen molar-refractivity contribution in [3.63, 3.8) is 0 Å². The van der Waals surface area contributed by atoms with E-state index in [9.17, 15) is 0 Å². The smallest absolute Gasteiger partial charge is 0.143 e. The Balaban J connectivity index is 1.45. The lowest BCUT2D eigenvalue weighted by molar-refractivity contribution is 0.591. The molecule has 0 atom stereocenters. The molecule has 9 rings (SSSR count). The van der Waals surface area contributed by atoms with Crippen molar-refractivity contribution in [2.45, 2.75) is 39.7 Å². The van der Waals surface area contributed by atoms with Crippen LogP contribution in [0.3, 0.4) is 0 Å². The maximum atomic E-state index is 6.67. The van der Waals surface area contributed by atoms with Crippen LogP contribution in [0.1, 0.15) is 33.3 Å². The quantitative estimate of drug-likeness (QED) is 0.199. The van der Waals surface area contributed by atoms with Crippen molar-refractivity contribution in [1.29, 1.82) is 0 Å². The summed E-state index contributed by atoms with van der Waals surface area (Å²) in [6.07, 6.45) is 0. The Morgan fingerprint density at radius 3 is 2.07 bits per heavy atom. The molecule has 0 radical (unpaired) electrons. The first-order valence-electron chi connectivity index (χ1n) is 15.0. The van der Waals surface area contributed by atoms with Gasteiger partial charge in [0.1, 0.15) is 11.2 Å². The molecule has 42 heavy (non-hydrogen) atoms. The number of furan rings is 1. The van der Waals surface area contributed by atoms with Gasteiger partial charge in [0.05, 0.1) is 5.52 Å². The number of para-hydroxylation sites is 1. The highest BCUT2D eigenvalue weighted by Crippen LogP contribution is 2.47. The third-order valence-electron chi connectivity index (χ3n) is 9.46. The number of aryl methyl sites for hydroxylation is 1. The van der Waals surface area contributed by atoms with Gasteiger partial charge in [0.2, 0.25) is 0 Å². The van der Waals surface area contributed by atoms with Crippen LogP contribution in [0.2, 0.25) is 0 Å². The zero-order chi connectivity index (χ0) is 28.3. The van der Waals surface area contributed by atoms with Gasteiger partial charge < -0.3 is 8.98 Å². The summed E-state index contributed by atoms with van der Waals surface area (Å²) in [7, 11) is 0. The normalized spacial score (nSPS) is 12.9. The van der Waals surface area contributed by atoms with Crippen LogP contribution in [-0.2, 0) is 12.0 Å². The van der Waals surface area contributed by atoms with E-state index in [1.54, 1.807) is 0 Å². The van der Waals surface area contributed by atoms with Gasteiger partial charge in [-0.25, -0.2) is 0 Å². The second-order valence-corrected chi connectivity index (χ2v) is 12.8. The molecular weight excluding hydrogens is 510 g/mol. The largest absolute Gasteiger partial charge is 0.455 e. The third-order valence-corrected chi connectivity index (χ3v) is 9.46.